The second-order valence-corrected chi connectivity index (χ2v) is 4.24. The smallest absolute Gasteiger partial charge is 0.242 e. The van der Waals surface area contributed by atoms with Crippen molar-refractivity contribution in [2.24, 2.45) is 0 Å². The number of rotatable bonds is 6. The Morgan fingerprint density at radius 3 is 2.79 bits per heavy atom. The van der Waals surface area contributed by atoms with E-state index in [9.17, 15) is 9.90 Å². The minimum absolute atomic E-state index is 0.0992. The van der Waals surface area contributed by atoms with Crippen molar-refractivity contribution in [3.8, 4) is 0 Å². The van der Waals surface area contributed by atoms with Gasteiger partial charge in [0.2, 0.25) is 5.91 Å². The quantitative estimate of drug-likeness (QED) is 0.766. The number of nitrogens with zero attached hydrogens (tertiary/aromatic N) is 3. The third-order valence-electron chi connectivity index (χ3n) is 2.69. The fourth-order valence-corrected chi connectivity index (χ4v) is 1.80. The molecule has 0 saturated heterocycles. The predicted molar refractivity (Wildman–Crippen MR) is 69.2 cm³/mol. The maximum atomic E-state index is 11.8. The van der Waals surface area contributed by atoms with Crippen LogP contribution in [0.25, 0.3) is 0 Å². The average molecular weight is 260 g/mol. The summed E-state index contributed by atoms with van der Waals surface area (Å²) in [7, 11) is 0. The molecule has 1 aromatic carbocycles. The largest absolute Gasteiger partial charge is 0.394 e. The van der Waals surface area contributed by atoms with Crippen LogP contribution < -0.4 is 5.32 Å². The summed E-state index contributed by atoms with van der Waals surface area (Å²) >= 11 is 0. The fraction of sp³-hybridized carbons (Fsp3) is 0.308. The number of aromatic nitrogens is 3. The van der Waals surface area contributed by atoms with Gasteiger partial charge in [-0.05, 0) is 12.0 Å². The SMILES string of the molecule is O=C(Cn1ccnn1)N[C@@H](CO)Cc1ccccc1. The molecule has 0 bridgehead atoms. The van der Waals surface area contributed by atoms with E-state index in [1.54, 1.807) is 6.20 Å². The van der Waals surface area contributed by atoms with Crippen molar-refractivity contribution < 1.29 is 9.90 Å². The normalized spacial score (nSPS) is 12.1. The topological polar surface area (TPSA) is 80.0 Å². The maximum Gasteiger partial charge on any atom is 0.242 e. The molecule has 6 nitrogen and oxygen atoms in total. The Morgan fingerprint density at radius 2 is 2.16 bits per heavy atom. The van der Waals surface area contributed by atoms with Gasteiger partial charge in [0.15, 0.2) is 0 Å². The van der Waals surface area contributed by atoms with Crippen LogP contribution in [-0.2, 0) is 17.8 Å². The van der Waals surface area contributed by atoms with Crippen LogP contribution in [0.15, 0.2) is 42.7 Å². The summed E-state index contributed by atoms with van der Waals surface area (Å²) in [6.45, 7) is 0.00326. The van der Waals surface area contributed by atoms with Gasteiger partial charge in [-0.2, -0.15) is 0 Å². The third kappa shape index (κ3) is 4.18. The van der Waals surface area contributed by atoms with E-state index in [0.29, 0.717) is 6.42 Å². The molecule has 0 fully saturated rings. The monoisotopic (exact) mass is 260 g/mol. The van der Waals surface area contributed by atoms with Gasteiger partial charge in [-0.25, -0.2) is 4.68 Å². The van der Waals surface area contributed by atoms with E-state index < -0.39 is 0 Å². The van der Waals surface area contributed by atoms with Gasteiger partial charge >= 0.3 is 0 Å². The van der Waals surface area contributed by atoms with E-state index in [4.69, 9.17) is 0 Å². The molecule has 1 amide bonds. The van der Waals surface area contributed by atoms with E-state index in [1.165, 1.54) is 10.9 Å². The molecule has 1 aromatic heterocycles. The minimum atomic E-state index is -0.293. The first-order valence-corrected chi connectivity index (χ1v) is 6.06. The molecule has 19 heavy (non-hydrogen) atoms. The zero-order valence-electron chi connectivity index (χ0n) is 10.4. The van der Waals surface area contributed by atoms with Crippen molar-refractivity contribution in [2.45, 2.75) is 19.0 Å². The highest BCUT2D eigenvalue weighted by Crippen LogP contribution is 2.02. The van der Waals surface area contributed by atoms with E-state index in [-0.39, 0.29) is 25.1 Å². The molecule has 0 unspecified atom stereocenters. The van der Waals surface area contributed by atoms with Crippen molar-refractivity contribution in [1.29, 1.82) is 0 Å². The first-order chi connectivity index (χ1) is 9.28. The van der Waals surface area contributed by atoms with E-state index in [2.05, 4.69) is 15.6 Å². The number of benzene rings is 1. The van der Waals surface area contributed by atoms with Crippen LogP contribution in [0.5, 0.6) is 0 Å². The molecule has 0 spiro atoms. The highest BCUT2D eigenvalue weighted by molar-refractivity contribution is 5.75. The van der Waals surface area contributed by atoms with Crippen LogP contribution in [0.1, 0.15) is 5.56 Å². The van der Waals surface area contributed by atoms with Crippen molar-refractivity contribution >= 4 is 5.91 Å². The Morgan fingerprint density at radius 1 is 1.37 bits per heavy atom. The number of carbonyl (C=O) groups is 1. The first kappa shape index (κ1) is 13.2. The second-order valence-electron chi connectivity index (χ2n) is 4.24. The molecule has 100 valence electrons. The van der Waals surface area contributed by atoms with Crippen LogP contribution >= 0.6 is 0 Å². The second kappa shape index (κ2) is 6.65. The number of carbonyl (C=O) groups excluding carboxylic acids is 1. The Labute approximate surface area is 111 Å². The number of aliphatic hydroxyl groups is 1. The Hall–Kier alpha value is -2.21. The standard InChI is InChI=1S/C13H16N4O2/c18-10-12(8-11-4-2-1-3-5-11)15-13(19)9-17-7-6-14-16-17/h1-7,12,18H,8-10H2,(H,15,19)/t12-/m1/s1. The molecule has 0 aliphatic rings. The zero-order chi connectivity index (χ0) is 13.5. The molecule has 2 rings (SSSR count). The lowest BCUT2D eigenvalue weighted by Crippen LogP contribution is -2.40. The highest BCUT2D eigenvalue weighted by atomic mass is 16.3. The number of aliphatic hydroxyl groups excluding tert-OH is 1. The molecule has 1 atom stereocenters. The molecule has 0 radical (unpaired) electrons. The Kier molecular flexibility index (Phi) is 4.63. The van der Waals surface area contributed by atoms with Crippen LogP contribution in [0.3, 0.4) is 0 Å². The van der Waals surface area contributed by atoms with Crippen molar-refractivity contribution in [1.82, 2.24) is 20.3 Å². The maximum absolute atomic E-state index is 11.8. The summed E-state index contributed by atoms with van der Waals surface area (Å²) in [5, 5.41) is 19.4. The number of hydrogen-bond donors (Lipinski definition) is 2. The van der Waals surface area contributed by atoms with Crippen LogP contribution in [0.2, 0.25) is 0 Å². The van der Waals surface area contributed by atoms with Gasteiger partial charge in [0.05, 0.1) is 18.8 Å². The van der Waals surface area contributed by atoms with Gasteiger partial charge in [-0.15, -0.1) is 5.10 Å². The van der Waals surface area contributed by atoms with E-state index in [1.807, 2.05) is 30.3 Å². The fourth-order valence-electron chi connectivity index (χ4n) is 1.80. The number of nitrogens with one attached hydrogen (secondary N) is 1. The molecular formula is C13H16N4O2. The summed E-state index contributed by atoms with van der Waals surface area (Å²) in [4.78, 5) is 11.8. The van der Waals surface area contributed by atoms with Gasteiger partial charge in [0.1, 0.15) is 6.54 Å². The van der Waals surface area contributed by atoms with Crippen molar-refractivity contribution in [2.75, 3.05) is 6.61 Å². The van der Waals surface area contributed by atoms with Crippen LogP contribution in [0.4, 0.5) is 0 Å². The van der Waals surface area contributed by atoms with Crippen molar-refractivity contribution in [3.63, 3.8) is 0 Å². The average Bonchev–Trinajstić information content (AvgIpc) is 2.92. The summed E-state index contributed by atoms with van der Waals surface area (Å²) in [6.07, 6.45) is 3.73. The van der Waals surface area contributed by atoms with Gasteiger partial charge in [-0.3, -0.25) is 4.79 Å². The van der Waals surface area contributed by atoms with E-state index in [0.717, 1.165) is 5.56 Å². The third-order valence-corrected chi connectivity index (χ3v) is 2.69. The van der Waals surface area contributed by atoms with Gasteiger partial charge in [0.25, 0.3) is 0 Å². The molecule has 0 saturated carbocycles. The molecule has 2 N–H and O–H groups in total. The zero-order valence-corrected chi connectivity index (χ0v) is 10.4. The van der Waals surface area contributed by atoms with Gasteiger partial charge in [0, 0.05) is 6.20 Å². The summed E-state index contributed by atoms with van der Waals surface area (Å²) in [6, 6.07) is 9.43. The molecule has 0 aliphatic carbocycles. The predicted octanol–water partition coefficient (Wildman–Crippen LogP) is -0.00210. The lowest BCUT2D eigenvalue weighted by molar-refractivity contribution is -0.122. The molecular weight excluding hydrogens is 244 g/mol. The summed E-state index contributed by atoms with van der Waals surface area (Å²) in [5.74, 6) is -0.194. The summed E-state index contributed by atoms with van der Waals surface area (Å²) in [5.41, 5.74) is 1.07. The van der Waals surface area contributed by atoms with Gasteiger partial charge in [-0.1, -0.05) is 35.5 Å². The minimum Gasteiger partial charge on any atom is -0.394 e. The van der Waals surface area contributed by atoms with Crippen LogP contribution in [0, 0.1) is 0 Å². The first-order valence-electron chi connectivity index (χ1n) is 6.06. The lowest BCUT2D eigenvalue weighted by atomic mass is 10.1. The van der Waals surface area contributed by atoms with E-state index >= 15 is 0 Å². The molecule has 0 aliphatic heterocycles. The van der Waals surface area contributed by atoms with Gasteiger partial charge < -0.3 is 10.4 Å². The lowest BCUT2D eigenvalue weighted by Gasteiger charge is -2.16. The number of amides is 1. The molecule has 6 heteroatoms. The highest BCUT2D eigenvalue weighted by Gasteiger charge is 2.12. The Bertz CT molecular complexity index is 499. The van der Waals surface area contributed by atoms with Crippen LogP contribution in [-0.4, -0.2) is 38.7 Å². The molecule has 1 heterocycles. The number of hydrogen-bond acceptors (Lipinski definition) is 4. The summed E-state index contributed by atoms with van der Waals surface area (Å²) < 4.78 is 1.44. The van der Waals surface area contributed by atoms with Crippen molar-refractivity contribution in [3.05, 3.63) is 48.3 Å². The Balaban J connectivity index is 1.86. The molecule has 2 aromatic rings.